The zero-order valence-corrected chi connectivity index (χ0v) is 15.8. The summed E-state index contributed by atoms with van der Waals surface area (Å²) in [6.45, 7) is 0. The van der Waals surface area contributed by atoms with Crippen LogP contribution in [0.1, 0.15) is 10.5 Å². The maximum absolute atomic E-state index is 13.0. The molecule has 0 atom stereocenters. The number of fused-ring (bicyclic) bond motifs is 6. The van der Waals surface area contributed by atoms with E-state index in [-0.39, 0.29) is 5.91 Å². The summed E-state index contributed by atoms with van der Waals surface area (Å²) in [6.07, 6.45) is 3.90. The number of hydrogen-bond acceptors (Lipinski definition) is 4. The number of nitrogens with one attached hydrogen (secondary N) is 2. The number of para-hydroxylation sites is 4. The number of hydrogen-bond donors (Lipinski definition) is 2. The van der Waals surface area contributed by atoms with Crippen LogP contribution in [0.5, 0.6) is 0 Å². The van der Waals surface area contributed by atoms with Gasteiger partial charge in [0.05, 0.1) is 33.1 Å². The molecule has 2 aromatic carbocycles. The Kier molecular flexibility index (Phi) is 3.48. The molecule has 7 heteroatoms. The first-order chi connectivity index (χ1) is 14.8. The van der Waals surface area contributed by atoms with E-state index in [4.69, 9.17) is 0 Å². The summed E-state index contributed by atoms with van der Waals surface area (Å²) in [5, 5.41) is 0. The lowest BCUT2D eigenvalue weighted by Crippen LogP contribution is -2.31. The lowest BCUT2D eigenvalue weighted by atomic mass is 10.2. The molecule has 0 aliphatic rings. The van der Waals surface area contributed by atoms with Crippen LogP contribution in [0.2, 0.25) is 0 Å². The van der Waals surface area contributed by atoms with Crippen LogP contribution in [0.4, 0.5) is 5.82 Å². The third-order valence-corrected chi connectivity index (χ3v) is 5.24. The molecule has 4 heterocycles. The minimum Gasteiger partial charge on any atom is -0.313 e. The molecule has 2 N–H and O–H groups in total. The maximum atomic E-state index is 13.0. The van der Waals surface area contributed by atoms with E-state index < -0.39 is 0 Å². The van der Waals surface area contributed by atoms with Gasteiger partial charge in [-0.3, -0.25) is 15.6 Å². The fourth-order valence-electron chi connectivity index (χ4n) is 3.88. The summed E-state index contributed by atoms with van der Waals surface area (Å²) < 4.78 is 4.01. The number of aromatic nitrogens is 4. The van der Waals surface area contributed by atoms with Gasteiger partial charge < -0.3 is 8.80 Å². The van der Waals surface area contributed by atoms with Gasteiger partial charge in [-0.1, -0.05) is 24.3 Å². The van der Waals surface area contributed by atoms with Crippen LogP contribution in [0.3, 0.4) is 0 Å². The highest BCUT2D eigenvalue weighted by molar-refractivity contribution is 6.02. The second-order valence-corrected chi connectivity index (χ2v) is 7.00. The zero-order chi connectivity index (χ0) is 20.1. The van der Waals surface area contributed by atoms with E-state index in [1.54, 1.807) is 0 Å². The normalized spacial score (nSPS) is 11.5. The molecule has 0 fully saturated rings. The molecule has 0 saturated heterocycles. The van der Waals surface area contributed by atoms with Crippen LogP contribution in [-0.4, -0.2) is 24.7 Å². The van der Waals surface area contributed by atoms with Gasteiger partial charge in [-0.05, 0) is 48.5 Å². The van der Waals surface area contributed by atoms with Crippen molar-refractivity contribution >= 4 is 44.8 Å². The van der Waals surface area contributed by atoms with Gasteiger partial charge in [-0.25, -0.2) is 9.97 Å². The predicted molar refractivity (Wildman–Crippen MR) is 116 cm³/mol. The van der Waals surface area contributed by atoms with Gasteiger partial charge in [0.15, 0.2) is 11.5 Å². The van der Waals surface area contributed by atoms with Crippen LogP contribution in [0.15, 0.2) is 85.2 Å². The van der Waals surface area contributed by atoms with Crippen molar-refractivity contribution in [2.24, 2.45) is 0 Å². The molecule has 0 saturated carbocycles. The lowest BCUT2D eigenvalue weighted by molar-refractivity contribution is 0.0959. The topological polar surface area (TPSA) is 75.7 Å². The summed E-state index contributed by atoms with van der Waals surface area (Å²) in [5.41, 5.74) is 11.2. The average molecular weight is 392 g/mol. The third-order valence-electron chi connectivity index (χ3n) is 5.24. The standard InChI is InChI=1S/C23H16N6O/c30-23(21-19-11-5-13-28(19)17-9-3-1-7-15(17)24-21)27-26-22-20-12-6-14-29(20)18-10-4-2-8-16(18)25-22/h1-14H,(H,25,26)(H,27,30). The smallest absolute Gasteiger partial charge is 0.290 e. The van der Waals surface area contributed by atoms with Gasteiger partial charge in [0, 0.05) is 12.4 Å². The molecule has 0 unspecified atom stereocenters. The van der Waals surface area contributed by atoms with Crippen LogP contribution in [0, 0.1) is 0 Å². The minimum atomic E-state index is -0.330. The molecule has 0 aliphatic carbocycles. The highest BCUT2D eigenvalue weighted by Gasteiger charge is 2.16. The number of carbonyl (C=O) groups is 1. The molecule has 30 heavy (non-hydrogen) atoms. The Morgan fingerprint density at radius 2 is 1.23 bits per heavy atom. The zero-order valence-electron chi connectivity index (χ0n) is 15.8. The first kappa shape index (κ1) is 16.6. The fourth-order valence-corrected chi connectivity index (χ4v) is 3.88. The molecule has 4 aromatic heterocycles. The van der Waals surface area contributed by atoms with Crippen molar-refractivity contribution in [1.29, 1.82) is 0 Å². The van der Waals surface area contributed by atoms with Crippen molar-refractivity contribution in [1.82, 2.24) is 24.2 Å². The van der Waals surface area contributed by atoms with Crippen molar-refractivity contribution in [3.63, 3.8) is 0 Å². The predicted octanol–water partition coefficient (Wildman–Crippen LogP) is 4.05. The van der Waals surface area contributed by atoms with Gasteiger partial charge in [-0.15, -0.1) is 0 Å². The molecule has 144 valence electrons. The molecular formula is C23H16N6O. The lowest BCUT2D eigenvalue weighted by Gasteiger charge is -2.12. The highest BCUT2D eigenvalue weighted by Crippen LogP contribution is 2.22. The van der Waals surface area contributed by atoms with E-state index in [0.29, 0.717) is 11.5 Å². The third kappa shape index (κ3) is 2.42. The van der Waals surface area contributed by atoms with E-state index in [0.717, 1.165) is 33.1 Å². The van der Waals surface area contributed by atoms with E-state index >= 15 is 0 Å². The van der Waals surface area contributed by atoms with Crippen molar-refractivity contribution in [3.8, 4) is 0 Å². The van der Waals surface area contributed by atoms with Gasteiger partial charge in [0.25, 0.3) is 5.91 Å². The second kappa shape index (κ2) is 6.31. The molecule has 0 aliphatic heterocycles. The molecule has 0 bridgehead atoms. The van der Waals surface area contributed by atoms with Crippen molar-refractivity contribution in [2.75, 3.05) is 5.43 Å². The number of rotatable bonds is 3. The highest BCUT2D eigenvalue weighted by atomic mass is 16.2. The van der Waals surface area contributed by atoms with Crippen LogP contribution < -0.4 is 10.9 Å². The number of carbonyl (C=O) groups excluding carboxylic acids is 1. The second-order valence-electron chi connectivity index (χ2n) is 7.00. The summed E-state index contributed by atoms with van der Waals surface area (Å²) in [5.74, 6) is 0.239. The Balaban J connectivity index is 1.40. The van der Waals surface area contributed by atoms with Crippen molar-refractivity contribution in [2.45, 2.75) is 0 Å². The number of anilines is 1. The summed E-state index contributed by atoms with van der Waals surface area (Å²) >= 11 is 0. The SMILES string of the molecule is O=C(NNc1nc2ccccc2n2cccc12)c1nc2ccccc2n2cccc12. The molecular weight excluding hydrogens is 376 g/mol. The Hall–Kier alpha value is -4.39. The summed E-state index contributed by atoms with van der Waals surface area (Å²) in [6, 6.07) is 23.3. The van der Waals surface area contributed by atoms with E-state index in [1.165, 1.54) is 0 Å². The van der Waals surface area contributed by atoms with E-state index in [1.807, 2.05) is 94.0 Å². The van der Waals surface area contributed by atoms with Gasteiger partial charge in [0.1, 0.15) is 0 Å². The maximum Gasteiger partial charge on any atom is 0.290 e. The monoisotopic (exact) mass is 392 g/mol. The number of benzene rings is 2. The Morgan fingerprint density at radius 1 is 0.667 bits per heavy atom. The minimum absolute atomic E-state index is 0.330. The molecule has 7 nitrogen and oxygen atoms in total. The first-order valence-corrected chi connectivity index (χ1v) is 9.57. The van der Waals surface area contributed by atoms with Crippen molar-refractivity contribution in [3.05, 3.63) is 90.9 Å². The van der Waals surface area contributed by atoms with Gasteiger partial charge in [0.2, 0.25) is 0 Å². The van der Waals surface area contributed by atoms with Gasteiger partial charge in [-0.2, -0.15) is 0 Å². The van der Waals surface area contributed by atoms with Crippen LogP contribution >= 0.6 is 0 Å². The fraction of sp³-hybridized carbons (Fsp3) is 0. The number of nitrogens with zero attached hydrogens (tertiary/aromatic N) is 4. The Labute approximate surface area is 170 Å². The van der Waals surface area contributed by atoms with E-state index in [2.05, 4.69) is 20.8 Å². The summed E-state index contributed by atoms with van der Waals surface area (Å²) in [7, 11) is 0. The quantitative estimate of drug-likeness (QED) is 0.446. The first-order valence-electron chi connectivity index (χ1n) is 9.57. The Bertz CT molecular complexity index is 1580. The summed E-state index contributed by atoms with van der Waals surface area (Å²) in [4.78, 5) is 22.3. The van der Waals surface area contributed by atoms with Crippen molar-refractivity contribution < 1.29 is 4.79 Å². The molecule has 1 amide bonds. The van der Waals surface area contributed by atoms with E-state index in [9.17, 15) is 4.79 Å². The number of amides is 1. The largest absolute Gasteiger partial charge is 0.313 e. The van der Waals surface area contributed by atoms with Crippen LogP contribution in [0.25, 0.3) is 33.1 Å². The molecule has 6 rings (SSSR count). The average Bonchev–Trinajstić information content (AvgIpc) is 3.47. The molecule has 0 radical (unpaired) electrons. The number of hydrazine groups is 1. The van der Waals surface area contributed by atoms with Gasteiger partial charge >= 0.3 is 0 Å². The Morgan fingerprint density at radius 3 is 1.97 bits per heavy atom. The van der Waals surface area contributed by atoms with Crippen LogP contribution in [-0.2, 0) is 0 Å². The molecule has 6 aromatic rings. The molecule has 0 spiro atoms.